The van der Waals surface area contributed by atoms with E-state index < -0.39 is 9.84 Å². The van der Waals surface area contributed by atoms with Crippen molar-refractivity contribution in [3.63, 3.8) is 0 Å². The van der Waals surface area contributed by atoms with Crippen molar-refractivity contribution in [3.05, 3.63) is 54.1 Å². The minimum absolute atomic E-state index is 0.00563. The molecule has 2 rings (SSSR count). The van der Waals surface area contributed by atoms with Crippen molar-refractivity contribution in [2.24, 2.45) is 4.99 Å². The van der Waals surface area contributed by atoms with Gasteiger partial charge in [0.1, 0.15) is 0 Å². The van der Waals surface area contributed by atoms with Gasteiger partial charge in [0.05, 0.1) is 23.9 Å². The molecule has 0 aliphatic carbocycles. The third-order valence-electron chi connectivity index (χ3n) is 4.30. The number of rotatable bonds is 11. The van der Waals surface area contributed by atoms with Gasteiger partial charge < -0.3 is 20.1 Å². The molecule has 0 radical (unpaired) electrons. The van der Waals surface area contributed by atoms with Crippen molar-refractivity contribution in [1.29, 1.82) is 0 Å². The first-order chi connectivity index (χ1) is 14.5. The first-order valence-electron chi connectivity index (χ1n) is 10.1. The molecule has 7 nitrogen and oxygen atoms in total. The van der Waals surface area contributed by atoms with Crippen molar-refractivity contribution in [2.45, 2.75) is 25.2 Å². The van der Waals surface area contributed by atoms with Gasteiger partial charge in [-0.1, -0.05) is 24.3 Å². The van der Waals surface area contributed by atoms with Crippen LogP contribution in [0.4, 0.5) is 0 Å². The van der Waals surface area contributed by atoms with E-state index in [2.05, 4.69) is 15.6 Å². The van der Waals surface area contributed by atoms with Gasteiger partial charge in [-0.25, -0.2) is 8.42 Å². The zero-order valence-corrected chi connectivity index (χ0v) is 18.7. The molecule has 0 aliphatic heterocycles. The summed E-state index contributed by atoms with van der Waals surface area (Å²) < 4.78 is 35.9. The highest BCUT2D eigenvalue weighted by Gasteiger charge is 2.13. The Kier molecular flexibility index (Phi) is 9.47. The van der Waals surface area contributed by atoms with E-state index in [9.17, 15) is 8.42 Å². The van der Waals surface area contributed by atoms with Crippen molar-refractivity contribution in [1.82, 2.24) is 10.6 Å². The van der Waals surface area contributed by atoms with Gasteiger partial charge >= 0.3 is 0 Å². The number of sulfone groups is 1. The van der Waals surface area contributed by atoms with E-state index >= 15 is 0 Å². The van der Waals surface area contributed by atoms with Gasteiger partial charge in [-0.3, -0.25) is 4.99 Å². The van der Waals surface area contributed by atoms with E-state index in [-0.39, 0.29) is 12.3 Å². The van der Waals surface area contributed by atoms with Gasteiger partial charge in [-0.05, 0) is 50.1 Å². The van der Waals surface area contributed by atoms with Gasteiger partial charge in [0, 0.05) is 20.1 Å². The number of ether oxygens (including phenoxy) is 2. The third kappa shape index (κ3) is 7.26. The van der Waals surface area contributed by atoms with Crippen LogP contribution >= 0.6 is 0 Å². The molecular weight excluding hydrogens is 402 g/mol. The largest absolute Gasteiger partial charge is 0.490 e. The SMILES string of the molecule is CCOc1ccc(CCNC(=NC)NCCS(=O)(=O)c2ccccc2)cc1OCC. The second-order valence-electron chi connectivity index (χ2n) is 6.45. The van der Waals surface area contributed by atoms with Crippen LogP contribution in [-0.2, 0) is 16.3 Å². The van der Waals surface area contributed by atoms with Gasteiger partial charge in [0.25, 0.3) is 0 Å². The Morgan fingerprint density at radius 3 is 2.27 bits per heavy atom. The van der Waals surface area contributed by atoms with E-state index in [0.29, 0.717) is 30.6 Å². The fourth-order valence-electron chi connectivity index (χ4n) is 2.85. The maximum absolute atomic E-state index is 12.3. The van der Waals surface area contributed by atoms with Gasteiger partial charge in [-0.2, -0.15) is 0 Å². The third-order valence-corrected chi connectivity index (χ3v) is 6.04. The number of hydrogen-bond acceptors (Lipinski definition) is 5. The molecule has 0 aliphatic rings. The average Bonchev–Trinajstić information content (AvgIpc) is 2.75. The van der Waals surface area contributed by atoms with E-state index in [1.807, 2.05) is 32.0 Å². The van der Waals surface area contributed by atoms with Crippen molar-refractivity contribution in [3.8, 4) is 11.5 Å². The fraction of sp³-hybridized carbons (Fsp3) is 0.409. The van der Waals surface area contributed by atoms with Crippen LogP contribution in [0.2, 0.25) is 0 Å². The molecule has 2 aromatic rings. The monoisotopic (exact) mass is 433 g/mol. The second-order valence-corrected chi connectivity index (χ2v) is 8.56. The van der Waals surface area contributed by atoms with Crippen LogP contribution < -0.4 is 20.1 Å². The highest BCUT2D eigenvalue weighted by molar-refractivity contribution is 7.91. The second kappa shape index (κ2) is 12.1. The Hall–Kier alpha value is -2.74. The lowest BCUT2D eigenvalue weighted by Gasteiger charge is -2.14. The summed E-state index contributed by atoms with van der Waals surface area (Å²) in [4.78, 5) is 4.48. The standard InChI is InChI=1S/C22H31N3O4S/c1-4-28-20-12-11-18(17-21(20)29-5-2)13-14-24-22(23-3)25-15-16-30(26,27)19-9-7-6-8-10-19/h6-12,17H,4-5,13-16H2,1-3H3,(H2,23,24,25). The number of guanidine groups is 1. The van der Waals surface area contributed by atoms with Crippen LogP contribution in [0, 0.1) is 0 Å². The summed E-state index contributed by atoms with van der Waals surface area (Å²) in [6.45, 7) is 5.96. The number of benzene rings is 2. The van der Waals surface area contributed by atoms with Crippen LogP contribution in [0.25, 0.3) is 0 Å². The summed E-state index contributed by atoms with van der Waals surface area (Å²) in [5.74, 6) is 2.04. The highest BCUT2D eigenvalue weighted by Crippen LogP contribution is 2.28. The summed E-state index contributed by atoms with van der Waals surface area (Å²) in [6.07, 6.45) is 0.759. The zero-order chi connectivity index (χ0) is 21.8. The van der Waals surface area contributed by atoms with Crippen LogP contribution in [0.1, 0.15) is 19.4 Å². The lowest BCUT2D eigenvalue weighted by Crippen LogP contribution is -2.40. The van der Waals surface area contributed by atoms with Gasteiger partial charge in [0.15, 0.2) is 27.3 Å². The van der Waals surface area contributed by atoms with Crippen LogP contribution in [0.3, 0.4) is 0 Å². The number of nitrogens with zero attached hydrogens (tertiary/aromatic N) is 1. The fourth-order valence-corrected chi connectivity index (χ4v) is 4.02. The molecule has 8 heteroatoms. The molecule has 0 unspecified atom stereocenters. The van der Waals surface area contributed by atoms with E-state index in [0.717, 1.165) is 23.5 Å². The molecule has 0 atom stereocenters. The highest BCUT2D eigenvalue weighted by atomic mass is 32.2. The average molecular weight is 434 g/mol. The molecule has 30 heavy (non-hydrogen) atoms. The molecule has 0 saturated carbocycles. The Labute approximate surface area is 179 Å². The van der Waals surface area contributed by atoms with Crippen molar-refractivity contribution in [2.75, 3.05) is 39.1 Å². The van der Waals surface area contributed by atoms with Gasteiger partial charge in [-0.15, -0.1) is 0 Å². The van der Waals surface area contributed by atoms with E-state index in [4.69, 9.17) is 9.47 Å². The summed E-state index contributed by atoms with van der Waals surface area (Å²) >= 11 is 0. The molecule has 0 fully saturated rings. The molecule has 0 amide bonds. The lowest BCUT2D eigenvalue weighted by molar-refractivity contribution is 0.287. The Morgan fingerprint density at radius 1 is 0.933 bits per heavy atom. The zero-order valence-electron chi connectivity index (χ0n) is 17.8. The van der Waals surface area contributed by atoms with Gasteiger partial charge in [0.2, 0.25) is 0 Å². The molecule has 0 heterocycles. The minimum Gasteiger partial charge on any atom is -0.490 e. The van der Waals surface area contributed by atoms with E-state index in [1.54, 1.807) is 37.4 Å². The Morgan fingerprint density at radius 2 is 1.60 bits per heavy atom. The predicted octanol–water partition coefficient (Wildman–Crippen LogP) is 2.67. The summed E-state index contributed by atoms with van der Waals surface area (Å²) in [5, 5.41) is 6.26. The van der Waals surface area contributed by atoms with Crippen LogP contribution in [0.15, 0.2) is 58.4 Å². The first-order valence-corrected chi connectivity index (χ1v) is 11.8. The Balaban J connectivity index is 1.82. The summed E-state index contributed by atoms with van der Waals surface area (Å²) in [5.41, 5.74) is 1.11. The summed E-state index contributed by atoms with van der Waals surface area (Å²) in [7, 11) is -1.66. The van der Waals surface area contributed by atoms with Crippen molar-refractivity contribution < 1.29 is 17.9 Å². The molecule has 0 aromatic heterocycles. The molecule has 2 aromatic carbocycles. The maximum Gasteiger partial charge on any atom is 0.191 e. The normalized spacial score (nSPS) is 11.8. The molecular formula is C22H31N3O4S. The van der Waals surface area contributed by atoms with Crippen LogP contribution in [-0.4, -0.2) is 53.5 Å². The first kappa shape index (κ1) is 23.5. The molecule has 0 bridgehead atoms. The molecule has 0 saturated heterocycles. The summed E-state index contributed by atoms with van der Waals surface area (Å²) in [6, 6.07) is 14.4. The smallest absolute Gasteiger partial charge is 0.191 e. The number of hydrogen-bond donors (Lipinski definition) is 2. The topological polar surface area (TPSA) is 89.0 Å². The number of aliphatic imine (C=N–C) groups is 1. The predicted molar refractivity (Wildman–Crippen MR) is 120 cm³/mol. The van der Waals surface area contributed by atoms with E-state index in [1.165, 1.54) is 0 Å². The molecule has 164 valence electrons. The quantitative estimate of drug-likeness (QED) is 0.418. The van der Waals surface area contributed by atoms with Crippen molar-refractivity contribution >= 4 is 15.8 Å². The number of nitrogens with one attached hydrogen (secondary N) is 2. The minimum atomic E-state index is -3.32. The van der Waals surface area contributed by atoms with Crippen LogP contribution in [0.5, 0.6) is 11.5 Å². The Bertz CT molecular complexity index is 915. The maximum atomic E-state index is 12.3. The lowest BCUT2D eigenvalue weighted by atomic mass is 10.1. The molecule has 2 N–H and O–H groups in total. The molecule has 0 spiro atoms.